The lowest BCUT2D eigenvalue weighted by molar-refractivity contribution is -0.119. The van der Waals surface area contributed by atoms with Crippen LogP contribution in [0, 0.1) is 5.92 Å². The predicted octanol–water partition coefficient (Wildman–Crippen LogP) is 1.17. The summed E-state index contributed by atoms with van der Waals surface area (Å²) in [6.45, 7) is 0. The minimum Gasteiger partial charge on any atom is -0.397 e. The molecule has 16 heavy (non-hydrogen) atoms. The van der Waals surface area contributed by atoms with Crippen molar-refractivity contribution in [1.82, 2.24) is 4.98 Å². The molecule has 5 heteroatoms. The average molecular weight is 216 g/mol. The molecule has 1 unspecified atom stereocenters. The molecule has 1 fully saturated rings. The maximum atomic E-state index is 12.0. The number of hydrogen-bond acceptors (Lipinski definition) is 4. The quantitative estimate of drug-likeness (QED) is 0.765. The second-order valence-electron chi connectivity index (χ2n) is 4.14. The zero-order chi connectivity index (χ0) is 11.1. The Bertz CT molecular complexity index is 465. The van der Waals surface area contributed by atoms with Crippen molar-refractivity contribution in [2.45, 2.75) is 19.3 Å². The van der Waals surface area contributed by atoms with Gasteiger partial charge in [0.2, 0.25) is 0 Å². The van der Waals surface area contributed by atoms with E-state index in [1.54, 1.807) is 12.1 Å². The van der Waals surface area contributed by atoms with Crippen LogP contribution in [0.1, 0.15) is 19.3 Å². The van der Waals surface area contributed by atoms with Crippen LogP contribution in [0.3, 0.4) is 0 Å². The monoisotopic (exact) mass is 216 g/mol. The number of rotatable bonds is 1. The Labute approximate surface area is 93.0 Å². The van der Waals surface area contributed by atoms with E-state index in [0.29, 0.717) is 11.5 Å². The molecule has 0 saturated heterocycles. The first kappa shape index (κ1) is 9.33. The van der Waals surface area contributed by atoms with Crippen molar-refractivity contribution in [3.05, 3.63) is 18.3 Å². The number of nitrogen functional groups attached to an aromatic ring is 1. The van der Waals surface area contributed by atoms with Crippen LogP contribution in [-0.2, 0) is 4.79 Å². The van der Waals surface area contributed by atoms with Crippen LogP contribution in [0.4, 0.5) is 11.5 Å². The summed E-state index contributed by atoms with van der Waals surface area (Å²) in [5.74, 6) is 0.602. The number of nitrogens with zero attached hydrogens (tertiary/aromatic N) is 3. The molecule has 0 aromatic carbocycles. The van der Waals surface area contributed by atoms with Crippen LogP contribution in [-0.4, -0.2) is 16.6 Å². The smallest absolute Gasteiger partial charge is 0.257 e. The van der Waals surface area contributed by atoms with Gasteiger partial charge < -0.3 is 5.73 Å². The van der Waals surface area contributed by atoms with Crippen molar-refractivity contribution in [1.29, 1.82) is 0 Å². The zero-order valence-corrected chi connectivity index (χ0v) is 8.76. The maximum Gasteiger partial charge on any atom is 0.257 e. The second kappa shape index (κ2) is 3.30. The van der Waals surface area contributed by atoms with Crippen LogP contribution in [0.5, 0.6) is 0 Å². The molecule has 5 nitrogen and oxygen atoms in total. The molecule has 0 spiro atoms. The number of hydrogen-bond donors (Lipinski definition) is 1. The average Bonchev–Trinajstić information content (AvgIpc) is 2.84. The molecule has 1 saturated carbocycles. The normalized spacial score (nSPS) is 23.5. The number of anilines is 2. The Hall–Kier alpha value is -1.91. The molecule has 1 aromatic rings. The predicted molar refractivity (Wildman–Crippen MR) is 60.9 cm³/mol. The number of carbonyl (C=O) groups excluding carboxylic acids is 1. The third-order valence-electron chi connectivity index (χ3n) is 3.05. The number of aromatic nitrogens is 1. The summed E-state index contributed by atoms with van der Waals surface area (Å²) >= 11 is 0. The first-order valence-electron chi connectivity index (χ1n) is 5.38. The SMILES string of the molecule is Nc1ccc(N2N=C3CCCC3C2=O)nc1. The van der Waals surface area contributed by atoms with Crippen LogP contribution < -0.4 is 10.7 Å². The van der Waals surface area contributed by atoms with Crippen molar-refractivity contribution in [3.8, 4) is 0 Å². The van der Waals surface area contributed by atoms with Gasteiger partial charge in [0.25, 0.3) is 5.91 Å². The molecule has 2 N–H and O–H groups in total. The lowest BCUT2D eigenvalue weighted by atomic mass is 10.1. The van der Waals surface area contributed by atoms with E-state index in [0.717, 1.165) is 25.0 Å². The number of nitrogens with two attached hydrogens (primary N) is 1. The fourth-order valence-corrected chi connectivity index (χ4v) is 2.23. The number of carbonyl (C=O) groups is 1. The summed E-state index contributed by atoms with van der Waals surface area (Å²) in [6, 6.07) is 3.45. The minimum atomic E-state index is -0.000599. The number of amides is 1. The minimum absolute atomic E-state index is 0.000599. The van der Waals surface area contributed by atoms with E-state index in [4.69, 9.17) is 5.73 Å². The van der Waals surface area contributed by atoms with E-state index < -0.39 is 0 Å². The summed E-state index contributed by atoms with van der Waals surface area (Å²) in [7, 11) is 0. The van der Waals surface area contributed by atoms with Gasteiger partial charge in [0.05, 0.1) is 23.5 Å². The van der Waals surface area contributed by atoms with E-state index >= 15 is 0 Å². The van der Waals surface area contributed by atoms with Gasteiger partial charge in [0, 0.05) is 0 Å². The van der Waals surface area contributed by atoms with E-state index in [-0.39, 0.29) is 11.8 Å². The number of fused-ring (bicyclic) bond motifs is 1. The van der Waals surface area contributed by atoms with Crippen molar-refractivity contribution in [3.63, 3.8) is 0 Å². The Kier molecular flexibility index (Phi) is 1.92. The molecule has 2 aliphatic rings. The largest absolute Gasteiger partial charge is 0.397 e. The van der Waals surface area contributed by atoms with E-state index in [2.05, 4.69) is 10.1 Å². The van der Waals surface area contributed by atoms with Crippen molar-refractivity contribution < 1.29 is 4.79 Å². The summed E-state index contributed by atoms with van der Waals surface area (Å²) in [4.78, 5) is 16.1. The molecule has 0 bridgehead atoms. The van der Waals surface area contributed by atoms with E-state index in [9.17, 15) is 4.79 Å². The van der Waals surface area contributed by atoms with Gasteiger partial charge in [-0.3, -0.25) is 4.79 Å². The van der Waals surface area contributed by atoms with E-state index in [1.165, 1.54) is 11.2 Å². The molecule has 1 atom stereocenters. The van der Waals surface area contributed by atoms with Crippen molar-refractivity contribution >= 4 is 23.1 Å². The highest BCUT2D eigenvalue weighted by Crippen LogP contribution is 2.32. The molecule has 0 radical (unpaired) electrons. The standard InChI is InChI=1S/C11H12N4O/c12-7-4-5-10(13-6-7)15-11(16)8-2-1-3-9(8)14-15/h4-6,8H,1-3,12H2. The maximum absolute atomic E-state index is 12.0. The fourth-order valence-electron chi connectivity index (χ4n) is 2.23. The van der Waals surface area contributed by atoms with Gasteiger partial charge in [-0.05, 0) is 31.4 Å². The van der Waals surface area contributed by atoms with Gasteiger partial charge in [0.15, 0.2) is 5.82 Å². The molecule has 82 valence electrons. The van der Waals surface area contributed by atoms with Gasteiger partial charge >= 0.3 is 0 Å². The first-order valence-corrected chi connectivity index (χ1v) is 5.38. The van der Waals surface area contributed by atoms with Gasteiger partial charge in [-0.1, -0.05) is 0 Å². The van der Waals surface area contributed by atoms with Gasteiger partial charge in [-0.2, -0.15) is 10.1 Å². The van der Waals surface area contributed by atoms with Crippen LogP contribution in [0.15, 0.2) is 23.4 Å². The number of pyridine rings is 1. The topological polar surface area (TPSA) is 71.6 Å². The highest BCUT2D eigenvalue weighted by molar-refractivity contribution is 6.16. The van der Waals surface area contributed by atoms with Crippen LogP contribution in [0.2, 0.25) is 0 Å². The lowest BCUT2D eigenvalue weighted by Gasteiger charge is -2.12. The summed E-state index contributed by atoms with van der Waals surface area (Å²) in [5, 5.41) is 5.73. The van der Waals surface area contributed by atoms with Gasteiger partial charge in [0.1, 0.15) is 0 Å². The highest BCUT2D eigenvalue weighted by Gasteiger charge is 2.39. The Morgan fingerprint density at radius 1 is 1.44 bits per heavy atom. The zero-order valence-electron chi connectivity index (χ0n) is 8.76. The van der Waals surface area contributed by atoms with Crippen molar-refractivity contribution in [2.75, 3.05) is 10.7 Å². The van der Waals surface area contributed by atoms with Gasteiger partial charge in [-0.25, -0.2) is 4.98 Å². The lowest BCUT2D eigenvalue weighted by Crippen LogP contribution is -2.26. The van der Waals surface area contributed by atoms with Gasteiger partial charge in [-0.15, -0.1) is 0 Å². The van der Waals surface area contributed by atoms with Crippen LogP contribution in [0.25, 0.3) is 0 Å². The second-order valence-corrected chi connectivity index (χ2v) is 4.14. The van der Waals surface area contributed by atoms with Crippen molar-refractivity contribution in [2.24, 2.45) is 11.0 Å². The molecule has 1 aromatic heterocycles. The molecule has 3 rings (SSSR count). The molecular formula is C11H12N4O. The Balaban J connectivity index is 1.94. The van der Waals surface area contributed by atoms with Crippen LogP contribution >= 0.6 is 0 Å². The Morgan fingerprint density at radius 2 is 2.31 bits per heavy atom. The molecule has 1 amide bonds. The number of hydrazone groups is 1. The first-order chi connectivity index (χ1) is 7.75. The molecular weight excluding hydrogens is 204 g/mol. The summed E-state index contributed by atoms with van der Waals surface area (Å²) in [5.41, 5.74) is 7.14. The summed E-state index contributed by atoms with van der Waals surface area (Å²) < 4.78 is 0. The molecule has 2 heterocycles. The fraction of sp³-hybridized carbons (Fsp3) is 0.364. The molecule has 1 aliphatic carbocycles. The molecule has 1 aliphatic heterocycles. The Morgan fingerprint density at radius 3 is 3.00 bits per heavy atom. The highest BCUT2D eigenvalue weighted by atomic mass is 16.2. The van der Waals surface area contributed by atoms with E-state index in [1.807, 2.05) is 0 Å². The third-order valence-corrected chi connectivity index (χ3v) is 3.05. The summed E-state index contributed by atoms with van der Waals surface area (Å²) in [6.07, 6.45) is 4.46. The third kappa shape index (κ3) is 1.28.